The number of rotatable bonds is 5. The van der Waals surface area contributed by atoms with E-state index in [1.807, 2.05) is 24.3 Å². The predicted molar refractivity (Wildman–Crippen MR) is 109 cm³/mol. The summed E-state index contributed by atoms with van der Waals surface area (Å²) in [6.45, 7) is 0.189. The fourth-order valence-corrected chi connectivity index (χ4v) is 3.35. The maximum atomic E-state index is 12.9. The number of fused-ring (bicyclic) bond motifs is 1. The third-order valence-corrected chi connectivity index (χ3v) is 4.83. The van der Waals surface area contributed by atoms with Crippen molar-refractivity contribution >= 4 is 33.3 Å². The van der Waals surface area contributed by atoms with E-state index in [1.165, 1.54) is 0 Å². The SMILES string of the molecule is O=C(Cc1ccc2c(c1)OCO2)Nc1ccc(Br)cc1C(=O)c1ccccc1. The maximum Gasteiger partial charge on any atom is 0.231 e. The van der Waals surface area contributed by atoms with Crippen LogP contribution in [-0.4, -0.2) is 18.5 Å². The number of benzene rings is 3. The lowest BCUT2D eigenvalue weighted by Gasteiger charge is -2.12. The first-order chi connectivity index (χ1) is 13.6. The second kappa shape index (κ2) is 7.86. The zero-order valence-corrected chi connectivity index (χ0v) is 16.4. The molecule has 1 heterocycles. The number of ketones is 1. The maximum absolute atomic E-state index is 12.9. The van der Waals surface area contributed by atoms with E-state index in [4.69, 9.17) is 9.47 Å². The van der Waals surface area contributed by atoms with Crippen molar-refractivity contribution < 1.29 is 19.1 Å². The van der Waals surface area contributed by atoms with Crippen LogP contribution in [0.25, 0.3) is 0 Å². The Bertz CT molecular complexity index is 1050. The minimum Gasteiger partial charge on any atom is -0.454 e. The zero-order valence-electron chi connectivity index (χ0n) is 14.8. The molecule has 0 radical (unpaired) electrons. The van der Waals surface area contributed by atoms with Gasteiger partial charge in [-0.1, -0.05) is 52.3 Å². The quantitative estimate of drug-likeness (QED) is 0.592. The Morgan fingerprint density at radius 2 is 1.71 bits per heavy atom. The van der Waals surface area contributed by atoms with Crippen LogP contribution in [0.5, 0.6) is 11.5 Å². The van der Waals surface area contributed by atoms with Crippen molar-refractivity contribution in [1.29, 1.82) is 0 Å². The number of hydrogen-bond acceptors (Lipinski definition) is 4. The van der Waals surface area contributed by atoms with E-state index in [2.05, 4.69) is 21.2 Å². The Kier molecular flexibility index (Phi) is 5.12. The molecule has 0 atom stereocenters. The molecule has 0 unspecified atom stereocenters. The predicted octanol–water partition coefficient (Wildman–Crippen LogP) is 4.59. The minimum absolute atomic E-state index is 0.153. The molecule has 0 saturated carbocycles. The highest BCUT2D eigenvalue weighted by atomic mass is 79.9. The molecule has 0 aromatic heterocycles. The smallest absolute Gasteiger partial charge is 0.231 e. The van der Waals surface area contributed by atoms with Crippen molar-refractivity contribution in [3.8, 4) is 11.5 Å². The van der Waals surface area contributed by atoms with Gasteiger partial charge in [0, 0.05) is 15.6 Å². The van der Waals surface area contributed by atoms with E-state index < -0.39 is 0 Å². The van der Waals surface area contributed by atoms with Crippen LogP contribution in [0.2, 0.25) is 0 Å². The largest absolute Gasteiger partial charge is 0.454 e. The topological polar surface area (TPSA) is 64.6 Å². The summed E-state index contributed by atoms with van der Waals surface area (Å²) in [5.41, 5.74) is 2.27. The number of hydrogen-bond donors (Lipinski definition) is 1. The van der Waals surface area contributed by atoms with Crippen molar-refractivity contribution in [2.24, 2.45) is 0 Å². The van der Waals surface area contributed by atoms with Gasteiger partial charge in [0.1, 0.15) is 0 Å². The Hall–Kier alpha value is -3.12. The van der Waals surface area contributed by atoms with Gasteiger partial charge in [-0.3, -0.25) is 9.59 Å². The normalized spacial score (nSPS) is 11.9. The number of anilines is 1. The second-order valence-electron chi connectivity index (χ2n) is 6.30. The fourth-order valence-electron chi connectivity index (χ4n) is 2.99. The van der Waals surface area contributed by atoms with E-state index in [-0.39, 0.29) is 24.9 Å². The molecule has 1 aliphatic heterocycles. The van der Waals surface area contributed by atoms with Gasteiger partial charge in [-0.2, -0.15) is 0 Å². The number of nitrogens with one attached hydrogen (secondary N) is 1. The summed E-state index contributed by atoms with van der Waals surface area (Å²) in [5, 5.41) is 2.85. The lowest BCUT2D eigenvalue weighted by Crippen LogP contribution is -2.17. The van der Waals surface area contributed by atoms with Gasteiger partial charge in [0.05, 0.1) is 12.1 Å². The molecule has 3 aromatic rings. The summed E-state index contributed by atoms with van der Waals surface area (Å²) in [6, 6.07) is 19.6. The first-order valence-electron chi connectivity index (χ1n) is 8.68. The molecular formula is C22H16BrNO4. The van der Waals surface area contributed by atoms with Crippen LogP contribution in [0.3, 0.4) is 0 Å². The molecule has 0 fully saturated rings. The van der Waals surface area contributed by atoms with Crippen LogP contribution in [-0.2, 0) is 11.2 Å². The minimum atomic E-state index is -0.219. The van der Waals surface area contributed by atoms with E-state index >= 15 is 0 Å². The monoisotopic (exact) mass is 437 g/mol. The number of carbonyl (C=O) groups excluding carboxylic acids is 2. The van der Waals surface area contributed by atoms with E-state index in [9.17, 15) is 9.59 Å². The molecule has 3 aromatic carbocycles. The van der Waals surface area contributed by atoms with Gasteiger partial charge < -0.3 is 14.8 Å². The second-order valence-corrected chi connectivity index (χ2v) is 7.21. The van der Waals surface area contributed by atoms with Gasteiger partial charge in [0.15, 0.2) is 17.3 Å². The lowest BCUT2D eigenvalue weighted by molar-refractivity contribution is -0.115. The van der Waals surface area contributed by atoms with Crippen LogP contribution in [0, 0.1) is 0 Å². The average molecular weight is 438 g/mol. The molecule has 140 valence electrons. The molecule has 1 amide bonds. The van der Waals surface area contributed by atoms with Gasteiger partial charge in [-0.15, -0.1) is 0 Å². The summed E-state index contributed by atoms with van der Waals surface area (Å²) in [4.78, 5) is 25.5. The summed E-state index contributed by atoms with van der Waals surface area (Å²) in [5.74, 6) is 0.935. The molecule has 0 aliphatic carbocycles. The molecule has 4 rings (SSSR count). The molecule has 6 heteroatoms. The molecule has 1 N–H and O–H groups in total. The number of ether oxygens (including phenoxy) is 2. The average Bonchev–Trinajstić information content (AvgIpc) is 3.17. The molecule has 0 spiro atoms. The summed E-state index contributed by atoms with van der Waals surface area (Å²) >= 11 is 3.40. The Balaban J connectivity index is 1.54. The first kappa shape index (κ1) is 18.3. The van der Waals surface area contributed by atoms with Crippen LogP contribution < -0.4 is 14.8 Å². The van der Waals surface area contributed by atoms with Crippen molar-refractivity contribution in [3.05, 3.63) is 87.9 Å². The summed E-state index contributed by atoms with van der Waals surface area (Å²) in [6.07, 6.45) is 0.158. The third-order valence-electron chi connectivity index (χ3n) is 4.34. The first-order valence-corrected chi connectivity index (χ1v) is 9.47. The molecule has 28 heavy (non-hydrogen) atoms. The van der Waals surface area contributed by atoms with Crippen LogP contribution in [0.15, 0.2) is 71.2 Å². The summed E-state index contributed by atoms with van der Waals surface area (Å²) in [7, 11) is 0. The Morgan fingerprint density at radius 1 is 0.929 bits per heavy atom. The van der Waals surface area contributed by atoms with Crippen molar-refractivity contribution in [2.75, 3.05) is 12.1 Å². The Morgan fingerprint density at radius 3 is 2.54 bits per heavy atom. The van der Waals surface area contributed by atoms with Gasteiger partial charge in [0.25, 0.3) is 0 Å². The number of amides is 1. The molecule has 0 bridgehead atoms. The number of halogens is 1. The van der Waals surface area contributed by atoms with Gasteiger partial charge >= 0.3 is 0 Å². The van der Waals surface area contributed by atoms with Crippen LogP contribution in [0.4, 0.5) is 5.69 Å². The third kappa shape index (κ3) is 3.92. The Labute approximate surface area is 170 Å². The highest BCUT2D eigenvalue weighted by molar-refractivity contribution is 9.10. The standard InChI is InChI=1S/C22H16BrNO4/c23-16-7-8-18(17(12-16)22(26)15-4-2-1-3-5-15)24-21(25)11-14-6-9-19-20(10-14)28-13-27-19/h1-10,12H,11,13H2,(H,24,25). The molecular weight excluding hydrogens is 422 g/mol. The molecule has 0 saturated heterocycles. The van der Waals surface area contributed by atoms with Crippen molar-refractivity contribution in [1.82, 2.24) is 0 Å². The van der Waals surface area contributed by atoms with Gasteiger partial charge in [-0.05, 0) is 35.9 Å². The lowest BCUT2D eigenvalue weighted by atomic mass is 10.0. The highest BCUT2D eigenvalue weighted by Gasteiger charge is 2.18. The van der Waals surface area contributed by atoms with E-state index in [1.54, 1.807) is 42.5 Å². The molecule has 5 nitrogen and oxygen atoms in total. The summed E-state index contributed by atoms with van der Waals surface area (Å²) < 4.78 is 11.4. The van der Waals surface area contributed by atoms with Crippen molar-refractivity contribution in [2.45, 2.75) is 6.42 Å². The van der Waals surface area contributed by atoms with Crippen molar-refractivity contribution in [3.63, 3.8) is 0 Å². The number of carbonyl (C=O) groups is 2. The molecule has 1 aliphatic rings. The fraction of sp³-hybridized carbons (Fsp3) is 0.0909. The van der Waals surface area contributed by atoms with E-state index in [0.29, 0.717) is 28.3 Å². The highest BCUT2D eigenvalue weighted by Crippen LogP contribution is 2.32. The van der Waals surface area contributed by atoms with Gasteiger partial charge in [0.2, 0.25) is 12.7 Å². The van der Waals surface area contributed by atoms with Crippen LogP contribution in [0.1, 0.15) is 21.5 Å². The van der Waals surface area contributed by atoms with Crippen LogP contribution >= 0.6 is 15.9 Å². The van der Waals surface area contributed by atoms with E-state index in [0.717, 1.165) is 10.0 Å². The van der Waals surface area contributed by atoms with Gasteiger partial charge in [-0.25, -0.2) is 0 Å². The zero-order chi connectivity index (χ0) is 19.5.